The van der Waals surface area contributed by atoms with Crippen LogP contribution in [0.1, 0.15) is 42.3 Å². The number of thiazole rings is 1. The molecule has 1 fully saturated rings. The number of amides is 1. The van der Waals surface area contributed by atoms with E-state index in [9.17, 15) is 4.79 Å². The molecule has 18 heavy (non-hydrogen) atoms. The van der Waals surface area contributed by atoms with Crippen LogP contribution in [-0.4, -0.2) is 24.0 Å². The highest BCUT2D eigenvalue weighted by molar-refractivity contribution is 7.18. The first-order chi connectivity index (χ1) is 8.61. The van der Waals surface area contributed by atoms with Gasteiger partial charge in [-0.3, -0.25) is 4.79 Å². The van der Waals surface area contributed by atoms with Crippen LogP contribution in [0.4, 0.5) is 10.9 Å². The van der Waals surface area contributed by atoms with Gasteiger partial charge in [0.1, 0.15) is 10.7 Å². The number of nitrogen functional groups attached to an aromatic ring is 1. The molecule has 1 heterocycles. The van der Waals surface area contributed by atoms with E-state index in [1.807, 2.05) is 0 Å². The van der Waals surface area contributed by atoms with Crippen LogP contribution in [0.3, 0.4) is 0 Å². The highest BCUT2D eigenvalue weighted by Gasteiger charge is 2.24. The van der Waals surface area contributed by atoms with Crippen LogP contribution < -0.4 is 16.4 Å². The van der Waals surface area contributed by atoms with Crippen molar-refractivity contribution in [2.24, 2.45) is 5.92 Å². The molecular formula is C12H20N4OS. The zero-order chi connectivity index (χ0) is 13.1. The Kier molecular flexibility index (Phi) is 4.06. The molecular weight excluding hydrogens is 248 g/mol. The number of nitrogens with two attached hydrogens (primary N) is 1. The second-order valence-electron chi connectivity index (χ2n) is 4.79. The summed E-state index contributed by atoms with van der Waals surface area (Å²) in [4.78, 5) is 16.7. The normalized spacial score (nSPS) is 17.7. The molecule has 4 N–H and O–H groups in total. The van der Waals surface area contributed by atoms with Gasteiger partial charge in [0.05, 0.1) is 0 Å². The van der Waals surface area contributed by atoms with Crippen molar-refractivity contribution in [1.29, 1.82) is 0 Å². The summed E-state index contributed by atoms with van der Waals surface area (Å²) in [6.45, 7) is 2.07. The zero-order valence-corrected chi connectivity index (χ0v) is 11.6. The number of aromatic nitrogens is 1. The lowest BCUT2D eigenvalue weighted by Gasteiger charge is -2.19. The van der Waals surface area contributed by atoms with Crippen molar-refractivity contribution in [3.63, 3.8) is 0 Å². The Morgan fingerprint density at radius 3 is 2.72 bits per heavy atom. The minimum Gasteiger partial charge on any atom is -0.382 e. The lowest BCUT2D eigenvalue weighted by Crippen LogP contribution is -2.37. The Bertz CT molecular complexity index is 426. The smallest absolute Gasteiger partial charge is 0.265 e. The van der Waals surface area contributed by atoms with Gasteiger partial charge in [0.15, 0.2) is 5.13 Å². The third-order valence-corrected chi connectivity index (χ3v) is 4.63. The number of nitrogens with one attached hydrogen (secondary N) is 2. The van der Waals surface area contributed by atoms with E-state index in [1.165, 1.54) is 37.0 Å². The molecule has 100 valence electrons. The lowest BCUT2D eigenvalue weighted by atomic mass is 10.00. The van der Waals surface area contributed by atoms with E-state index >= 15 is 0 Å². The first-order valence-electron chi connectivity index (χ1n) is 6.36. The number of nitrogens with zero attached hydrogens (tertiary/aromatic N) is 1. The maximum absolute atomic E-state index is 12.1. The van der Waals surface area contributed by atoms with Gasteiger partial charge in [0.2, 0.25) is 0 Å². The van der Waals surface area contributed by atoms with Gasteiger partial charge in [0, 0.05) is 13.1 Å². The van der Waals surface area contributed by atoms with Crippen LogP contribution in [0.15, 0.2) is 0 Å². The molecule has 0 bridgehead atoms. The lowest BCUT2D eigenvalue weighted by molar-refractivity contribution is 0.0932. The van der Waals surface area contributed by atoms with Gasteiger partial charge in [-0.1, -0.05) is 24.2 Å². The molecule has 1 atom stereocenters. The molecule has 1 aliphatic rings. The number of carbonyl (C=O) groups is 1. The SMILES string of the molecule is CNc1nc(N)c(C(=O)NC(C)C2CCCC2)s1. The fourth-order valence-corrected chi connectivity index (χ4v) is 3.19. The Hall–Kier alpha value is -1.30. The monoisotopic (exact) mass is 268 g/mol. The van der Waals surface area contributed by atoms with Crippen LogP contribution in [-0.2, 0) is 0 Å². The fraction of sp³-hybridized carbons (Fsp3) is 0.667. The average molecular weight is 268 g/mol. The van der Waals surface area contributed by atoms with Crippen LogP contribution in [0, 0.1) is 5.92 Å². The first kappa shape index (κ1) is 13.1. The van der Waals surface area contributed by atoms with Crippen molar-refractivity contribution < 1.29 is 4.79 Å². The summed E-state index contributed by atoms with van der Waals surface area (Å²) >= 11 is 1.29. The summed E-state index contributed by atoms with van der Waals surface area (Å²) in [6.07, 6.45) is 4.97. The molecule has 6 heteroatoms. The number of rotatable bonds is 4. The van der Waals surface area contributed by atoms with E-state index in [2.05, 4.69) is 22.5 Å². The summed E-state index contributed by atoms with van der Waals surface area (Å²) in [5, 5.41) is 6.61. The number of hydrogen-bond acceptors (Lipinski definition) is 5. The predicted octanol–water partition coefficient (Wildman–Crippen LogP) is 2.08. The number of anilines is 2. The summed E-state index contributed by atoms with van der Waals surface area (Å²) < 4.78 is 0. The van der Waals surface area contributed by atoms with Crippen molar-refractivity contribution in [2.45, 2.75) is 38.6 Å². The van der Waals surface area contributed by atoms with Gasteiger partial charge in [-0.15, -0.1) is 0 Å². The van der Waals surface area contributed by atoms with Crippen molar-refractivity contribution in [2.75, 3.05) is 18.1 Å². The van der Waals surface area contributed by atoms with E-state index in [1.54, 1.807) is 7.05 Å². The van der Waals surface area contributed by atoms with Crippen LogP contribution in [0.25, 0.3) is 0 Å². The maximum atomic E-state index is 12.1. The van der Waals surface area contributed by atoms with E-state index in [0.717, 1.165) is 0 Å². The third-order valence-electron chi connectivity index (χ3n) is 3.54. The van der Waals surface area contributed by atoms with E-state index in [4.69, 9.17) is 5.73 Å². The first-order valence-corrected chi connectivity index (χ1v) is 7.18. The largest absolute Gasteiger partial charge is 0.382 e. The van der Waals surface area contributed by atoms with Crippen molar-refractivity contribution >= 4 is 28.2 Å². The summed E-state index contributed by atoms with van der Waals surface area (Å²) in [6, 6.07) is 0.208. The minimum absolute atomic E-state index is 0.106. The van der Waals surface area contributed by atoms with E-state index < -0.39 is 0 Å². The molecule has 0 saturated heterocycles. The standard InChI is InChI=1S/C12H20N4OS/c1-7(8-5-3-4-6-8)15-11(17)9-10(13)16-12(14-2)18-9/h7-8H,3-6,13H2,1-2H3,(H,14,16)(H,15,17). The van der Waals surface area contributed by atoms with Gasteiger partial charge in [-0.2, -0.15) is 0 Å². The average Bonchev–Trinajstić information content (AvgIpc) is 2.97. The highest BCUT2D eigenvalue weighted by Crippen LogP contribution is 2.29. The second kappa shape index (κ2) is 5.56. The molecule has 1 saturated carbocycles. The van der Waals surface area contributed by atoms with Crippen molar-refractivity contribution in [3.8, 4) is 0 Å². The van der Waals surface area contributed by atoms with Crippen LogP contribution in [0.5, 0.6) is 0 Å². The van der Waals surface area contributed by atoms with Crippen LogP contribution >= 0.6 is 11.3 Å². The Morgan fingerprint density at radius 1 is 1.50 bits per heavy atom. The third kappa shape index (κ3) is 2.75. The molecule has 0 spiro atoms. The fourth-order valence-electron chi connectivity index (χ4n) is 2.45. The molecule has 1 aromatic heterocycles. The number of carbonyl (C=O) groups excluding carboxylic acids is 1. The van der Waals surface area contributed by atoms with Gasteiger partial charge in [-0.25, -0.2) is 4.98 Å². The molecule has 1 aromatic rings. The molecule has 0 radical (unpaired) electrons. The minimum atomic E-state index is -0.106. The highest BCUT2D eigenvalue weighted by atomic mass is 32.1. The van der Waals surface area contributed by atoms with Gasteiger partial charge in [0.25, 0.3) is 5.91 Å². The second-order valence-corrected chi connectivity index (χ2v) is 5.79. The Labute approximate surface area is 111 Å². The topological polar surface area (TPSA) is 80.0 Å². The molecule has 1 aliphatic carbocycles. The van der Waals surface area contributed by atoms with Gasteiger partial charge in [-0.05, 0) is 25.7 Å². The Morgan fingerprint density at radius 2 is 2.17 bits per heavy atom. The zero-order valence-electron chi connectivity index (χ0n) is 10.8. The molecule has 0 aromatic carbocycles. The Balaban J connectivity index is 1.99. The molecule has 5 nitrogen and oxygen atoms in total. The van der Waals surface area contributed by atoms with E-state index in [-0.39, 0.29) is 11.9 Å². The van der Waals surface area contributed by atoms with Gasteiger partial charge < -0.3 is 16.4 Å². The molecule has 0 aliphatic heterocycles. The summed E-state index contributed by atoms with van der Waals surface area (Å²) in [5.41, 5.74) is 5.75. The van der Waals surface area contributed by atoms with Crippen LogP contribution in [0.2, 0.25) is 0 Å². The summed E-state index contributed by atoms with van der Waals surface area (Å²) in [7, 11) is 1.76. The number of hydrogen-bond donors (Lipinski definition) is 3. The van der Waals surface area contributed by atoms with Crippen molar-refractivity contribution in [3.05, 3.63) is 4.88 Å². The molecule has 2 rings (SSSR count). The predicted molar refractivity (Wildman–Crippen MR) is 75.0 cm³/mol. The quantitative estimate of drug-likeness (QED) is 0.781. The molecule has 1 amide bonds. The van der Waals surface area contributed by atoms with E-state index in [0.29, 0.717) is 21.7 Å². The molecule has 1 unspecified atom stereocenters. The summed E-state index contributed by atoms with van der Waals surface area (Å²) in [5.74, 6) is 0.804. The maximum Gasteiger partial charge on any atom is 0.265 e. The van der Waals surface area contributed by atoms with Crippen molar-refractivity contribution in [1.82, 2.24) is 10.3 Å². The van der Waals surface area contributed by atoms with Gasteiger partial charge >= 0.3 is 0 Å².